The van der Waals surface area contributed by atoms with Crippen LogP contribution in [0.5, 0.6) is 0 Å². The summed E-state index contributed by atoms with van der Waals surface area (Å²) >= 11 is 0. The second kappa shape index (κ2) is 9.93. The molecule has 1 aliphatic rings. The molecule has 1 aromatic heterocycles. The number of halogens is 2. The Kier molecular flexibility index (Phi) is 7.61. The van der Waals surface area contributed by atoms with Gasteiger partial charge in [0.25, 0.3) is 0 Å². The van der Waals surface area contributed by atoms with Crippen LogP contribution in [0.3, 0.4) is 0 Å². The monoisotopic (exact) mass is 372 g/mol. The molecule has 0 spiro atoms. The predicted octanol–water partition coefficient (Wildman–Crippen LogP) is 1.95. The number of rotatable bonds is 6. The van der Waals surface area contributed by atoms with Gasteiger partial charge in [0, 0.05) is 38.1 Å². The van der Waals surface area contributed by atoms with Gasteiger partial charge in [-0.1, -0.05) is 0 Å². The Labute approximate surface area is 151 Å². The summed E-state index contributed by atoms with van der Waals surface area (Å²) in [6.45, 7) is 3.35. The third-order valence-electron chi connectivity index (χ3n) is 4.04. The van der Waals surface area contributed by atoms with Gasteiger partial charge in [-0.05, 0) is 26.7 Å². The highest BCUT2D eigenvalue weighted by Crippen LogP contribution is 2.14. The maximum Gasteiger partial charge on any atom is 0.409 e. The van der Waals surface area contributed by atoms with Gasteiger partial charge in [-0.2, -0.15) is 8.78 Å². The van der Waals surface area contributed by atoms with E-state index in [1.54, 1.807) is 11.8 Å². The van der Waals surface area contributed by atoms with Gasteiger partial charge in [-0.25, -0.2) is 14.8 Å². The van der Waals surface area contributed by atoms with Crippen LogP contribution in [0.2, 0.25) is 0 Å². The summed E-state index contributed by atoms with van der Waals surface area (Å²) in [7, 11) is 0. The number of nitrogens with one attached hydrogen (secondary N) is 2. The van der Waals surface area contributed by atoms with Crippen molar-refractivity contribution in [3.63, 3.8) is 0 Å². The molecule has 0 saturated carbocycles. The molecule has 0 unspecified atom stereocenters. The average Bonchev–Trinajstić information content (AvgIpc) is 3.09. The second-order valence-electron chi connectivity index (χ2n) is 5.83. The molecule has 1 fully saturated rings. The van der Waals surface area contributed by atoms with Crippen LogP contribution in [0, 0.1) is 0 Å². The van der Waals surface area contributed by atoms with Crippen molar-refractivity contribution in [1.82, 2.24) is 25.1 Å². The van der Waals surface area contributed by atoms with E-state index in [4.69, 9.17) is 4.74 Å². The number of guanidine groups is 1. The molecule has 0 atom stereocenters. The molecule has 2 heterocycles. The molecule has 2 rings (SSSR count). The van der Waals surface area contributed by atoms with Crippen LogP contribution in [0.15, 0.2) is 17.4 Å². The Bertz CT molecular complexity index is 599. The van der Waals surface area contributed by atoms with Gasteiger partial charge in [0.2, 0.25) is 0 Å². The van der Waals surface area contributed by atoms with Crippen molar-refractivity contribution in [3.8, 4) is 0 Å². The SMILES string of the molecule is CCNC(=NCc1nccn1C(F)F)NC1CCN(C(=O)OCC)CC1. The Morgan fingerprint density at radius 1 is 1.42 bits per heavy atom. The highest BCUT2D eigenvalue weighted by atomic mass is 19.3. The van der Waals surface area contributed by atoms with Gasteiger partial charge in [-0.15, -0.1) is 0 Å². The van der Waals surface area contributed by atoms with Crippen molar-refractivity contribution in [2.24, 2.45) is 4.99 Å². The molecule has 1 amide bonds. The standard InChI is InChI=1S/C16H26F2N6O2/c1-3-19-15(21-11-13-20-7-10-24(13)14(17)18)22-12-5-8-23(9-6-12)16(25)26-4-2/h7,10,12,14H,3-6,8-9,11H2,1-2H3,(H2,19,21,22). The van der Waals surface area contributed by atoms with Crippen LogP contribution < -0.4 is 10.6 Å². The van der Waals surface area contributed by atoms with E-state index in [2.05, 4.69) is 20.6 Å². The lowest BCUT2D eigenvalue weighted by atomic mass is 10.1. The number of hydrogen-bond donors (Lipinski definition) is 2. The molecule has 0 aliphatic carbocycles. The lowest BCUT2D eigenvalue weighted by Gasteiger charge is -2.32. The number of imidazole rings is 1. The number of nitrogens with zero attached hydrogens (tertiary/aromatic N) is 4. The first-order valence-corrected chi connectivity index (χ1v) is 8.81. The maximum atomic E-state index is 12.9. The minimum atomic E-state index is -2.63. The van der Waals surface area contributed by atoms with Gasteiger partial charge in [0.05, 0.1) is 6.61 Å². The van der Waals surface area contributed by atoms with Crippen molar-refractivity contribution in [1.29, 1.82) is 0 Å². The zero-order chi connectivity index (χ0) is 18.9. The van der Waals surface area contributed by atoms with Crippen molar-refractivity contribution in [3.05, 3.63) is 18.2 Å². The number of amides is 1. The Morgan fingerprint density at radius 3 is 2.77 bits per heavy atom. The summed E-state index contributed by atoms with van der Waals surface area (Å²) in [5, 5.41) is 6.40. The Hall–Kier alpha value is -2.39. The summed E-state index contributed by atoms with van der Waals surface area (Å²) < 4.78 is 31.5. The molecule has 0 bridgehead atoms. The quantitative estimate of drug-likeness (QED) is 0.589. The minimum absolute atomic E-state index is 0.0499. The van der Waals surface area contributed by atoms with Gasteiger partial charge in [-0.3, -0.25) is 4.57 Å². The molecule has 26 heavy (non-hydrogen) atoms. The summed E-state index contributed by atoms with van der Waals surface area (Å²) in [5.74, 6) is 0.750. The van der Waals surface area contributed by atoms with Gasteiger partial charge >= 0.3 is 12.6 Å². The number of carbonyl (C=O) groups excluding carboxylic acids is 1. The number of alkyl halides is 2. The van der Waals surface area contributed by atoms with Crippen LogP contribution >= 0.6 is 0 Å². The van der Waals surface area contributed by atoms with E-state index >= 15 is 0 Å². The molecule has 8 nitrogen and oxygen atoms in total. The number of likely N-dealkylation sites (tertiary alicyclic amines) is 1. The van der Waals surface area contributed by atoms with E-state index in [9.17, 15) is 13.6 Å². The molecule has 0 radical (unpaired) electrons. The van der Waals surface area contributed by atoms with Crippen LogP contribution in [0.1, 0.15) is 39.1 Å². The van der Waals surface area contributed by atoms with E-state index in [1.165, 1.54) is 12.4 Å². The van der Waals surface area contributed by atoms with Crippen LogP contribution in [0.4, 0.5) is 13.6 Å². The summed E-state index contributed by atoms with van der Waals surface area (Å²) in [6, 6.07) is 0.147. The zero-order valence-corrected chi connectivity index (χ0v) is 15.1. The molecule has 1 saturated heterocycles. The average molecular weight is 372 g/mol. The highest BCUT2D eigenvalue weighted by Gasteiger charge is 2.24. The van der Waals surface area contributed by atoms with Crippen molar-refractivity contribution < 1.29 is 18.3 Å². The van der Waals surface area contributed by atoms with E-state index in [0.717, 1.165) is 17.4 Å². The molecule has 2 N–H and O–H groups in total. The normalized spacial score (nSPS) is 16.0. The van der Waals surface area contributed by atoms with Crippen molar-refractivity contribution >= 4 is 12.1 Å². The fraction of sp³-hybridized carbons (Fsp3) is 0.688. The Balaban J connectivity index is 1.90. The molecule has 10 heteroatoms. The number of ether oxygens (including phenoxy) is 1. The molecule has 1 aromatic rings. The summed E-state index contributed by atoms with van der Waals surface area (Å²) in [4.78, 5) is 21.7. The van der Waals surface area contributed by atoms with E-state index in [1.807, 2.05) is 6.92 Å². The first-order chi connectivity index (χ1) is 12.5. The van der Waals surface area contributed by atoms with Gasteiger partial charge in [0.15, 0.2) is 5.96 Å². The van der Waals surface area contributed by atoms with Gasteiger partial charge in [0.1, 0.15) is 12.4 Å². The number of aliphatic imine (C=N–C) groups is 1. The number of aromatic nitrogens is 2. The van der Waals surface area contributed by atoms with Crippen LogP contribution in [-0.4, -0.2) is 58.8 Å². The molecule has 146 valence electrons. The predicted molar refractivity (Wildman–Crippen MR) is 93.0 cm³/mol. The third kappa shape index (κ3) is 5.57. The maximum absolute atomic E-state index is 12.9. The molecular formula is C16H26F2N6O2. The largest absolute Gasteiger partial charge is 0.450 e. The lowest BCUT2D eigenvalue weighted by molar-refractivity contribution is 0.0670. The molecule has 0 aromatic carbocycles. The third-order valence-corrected chi connectivity index (χ3v) is 4.04. The van der Waals surface area contributed by atoms with E-state index in [-0.39, 0.29) is 24.5 Å². The smallest absolute Gasteiger partial charge is 0.409 e. The van der Waals surface area contributed by atoms with Crippen molar-refractivity contribution in [2.45, 2.75) is 45.8 Å². The first-order valence-electron chi connectivity index (χ1n) is 8.81. The summed E-state index contributed by atoms with van der Waals surface area (Å²) in [6.07, 6.45) is 3.80. The molecule has 1 aliphatic heterocycles. The second-order valence-corrected chi connectivity index (χ2v) is 5.83. The lowest BCUT2D eigenvalue weighted by Crippen LogP contribution is -2.49. The summed E-state index contributed by atoms with van der Waals surface area (Å²) in [5.41, 5.74) is 0. The Morgan fingerprint density at radius 2 is 2.15 bits per heavy atom. The molecular weight excluding hydrogens is 346 g/mol. The zero-order valence-electron chi connectivity index (χ0n) is 15.1. The highest BCUT2D eigenvalue weighted by molar-refractivity contribution is 5.80. The van der Waals surface area contributed by atoms with E-state index < -0.39 is 6.55 Å². The fourth-order valence-corrected chi connectivity index (χ4v) is 2.73. The number of hydrogen-bond acceptors (Lipinski definition) is 4. The number of carbonyl (C=O) groups is 1. The van der Waals surface area contributed by atoms with Crippen molar-refractivity contribution in [2.75, 3.05) is 26.2 Å². The topological polar surface area (TPSA) is 83.8 Å². The van der Waals surface area contributed by atoms with Crippen LogP contribution in [0.25, 0.3) is 0 Å². The number of piperidine rings is 1. The first kappa shape index (κ1) is 19.9. The fourth-order valence-electron chi connectivity index (χ4n) is 2.73. The van der Waals surface area contributed by atoms with Crippen LogP contribution in [-0.2, 0) is 11.3 Å². The van der Waals surface area contributed by atoms with Gasteiger partial charge < -0.3 is 20.3 Å². The van der Waals surface area contributed by atoms with E-state index in [0.29, 0.717) is 32.2 Å². The minimum Gasteiger partial charge on any atom is -0.450 e.